The van der Waals surface area contributed by atoms with E-state index in [1.165, 1.54) is 0 Å². The topological polar surface area (TPSA) is 62.4 Å². The van der Waals surface area contributed by atoms with Crippen molar-refractivity contribution in [2.45, 2.75) is 25.5 Å². The van der Waals surface area contributed by atoms with Crippen LogP contribution in [-0.4, -0.2) is 39.8 Å². The zero-order chi connectivity index (χ0) is 13.9. The van der Waals surface area contributed by atoms with Gasteiger partial charge in [0, 0.05) is 12.1 Å². The molecule has 0 unspecified atom stereocenters. The Kier molecular flexibility index (Phi) is 3.80. The number of hydrogen-bond acceptors (Lipinski definition) is 5. The molecule has 1 heterocycles. The molecule has 20 heavy (non-hydrogen) atoms. The fraction of sp³-hybridized carbons (Fsp3) is 0.467. The molecule has 1 aromatic heterocycles. The molecule has 5 nitrogen and oxygen atoms in total. The van der Waals surface area contributed by atoms with Gasteiger partial charge in [-0.05, 0) is 25.8 Å². The van der Waals surface area contributed by atoms with Crippen LogP contribution < -0.4 is 0 Å². The minimum Gasteiger partial charge on any atom is -0.393 e. The first kappa shape index (κ1) is 13.3. The van der Waals surface area contributed by atoms with Crippen LogP contribution in [0.25, 0.3) is 11.4 Å². The quantitative estimate of drug-likeness (QED) is 0.902. The van der Waals surface area contributed by atoms with Gasteiger partial charge in [0.1, 0.15) is 0 Å². The molecule has 1 aliphatic rings. The van der Waals surface area contributed by atoms with Gasteiger partial charge in [0.05, 0.1) is 12.6 Å². The molecular weight excluding hydrogens is 254 g/mol. The molecule has 1 fully saturated rings. The summed E-state index contributed by atoms with van der Waals surface area (Å²) in [5.41, 5.74) is 0.965. The van der Waals surface area contributed by atoms with E-state index in [2.05, 4.69) is 15.0 Å². The summed E-state index contributed by atoms with van der Waals surface area (Å²) in [6.07, 6.45) is 1.72. The Bertz CT molecular complexity index is 549. The van der Waals surface area contributed by atoms with E-state index < -0.39 is 0 Å². The van der Waals surface area contributed by atoms with Crippen LogP contribution in [0.2, 0.25) is 0 Å². The van der Waals surface area contributed by atoms with Gasteiger partial charge in [0.15, 0.2) is 0 Å². The van der Waals surface area contributed by atoms with Crippen molar-refractivity contribution >= 4 is 0 Å². The van der Waals surface area contributed by atoms with Crippen molar-refractivity contribution in [1.82, 2.24) is 15.0 Å². The molecule has 0 saturated heterocycles. The van der Waals surface area contributed by atoms with Crippen molar-refractivity contribution < 1.29 is 9.63 Å². The average Bonchev–Trinajstić information content (AvgIpc) is 2.86. The SMILES string of the molecule is CN(Cc1nc(-c2ccccc2)no1)CC1CC(O)C1. The smallest absolute Gasteiger partial charge is 0.241 e. The van der Waals surface area contributed by atoms with E-state index >= 15 is 0 Å². The molecule has 2 aromatic rings. The average molecular weight is 273 g/mol. The van der Waals surface area contributed by atoms with Gasteiger partial charge in [0.2, 0.25) is 11.7 Å². The highest BCUT2D eigenvalue weighted by Gasteiger charge is 2.28. The van der Waals surface area contributed by atoms with Gasteiger partial charge in [-0.1, -0.05) is 35.5 Å². The molecule has 1 saturated carbocycles. The molecule has 3 rings (SSSR count). The Morgan fingerprint density at radius 1 is 1.30 bits per heavy atom. The molecule has 0 spiro atoms. The predicted octanol–water partition coefficient (Wildman–Crippen LogP) is 1.94. The maximum Gasteiger partial charge on any atom is 0.241 e. The molecule has 0 radical (unpaired) electrons. The van der Waals surface area contributed by atoms with Crippen molar-refractivity contribution in [2.75, 3.05) is 13.6 Å². The number of aliphatic hydroxyl groups excluding tert-OH is 1. The monoisotopic (exact) mass is 273 g/mol. The normalized spacial score (nSPS) is 21.9. The fourth-order valence-corrected chi connectivity index (χ4v) is 2.61. The van der Waals surface area contributed by atoms with Gasteiger partial charge in [-0.15, -0.1) is 0 Å². The summed E-state index contributed by atoms with van der Waals surface area (Å²) in [4.78, 5) is 6.58. The Morgan fingerprint density at radius 3 is 2.75 bits per heavy atom. The first-order valence-corrected chi connectivity index (χ1v) is 6.95. The number of aliphatic hydroxyl groups is 1. The highest BCUT2D eigenvalue weighted by Crippen LogP contribution is 2.27. The zero-order valence-electron chi connectivity index (χ0n) is 11.6. The number of aromatic nitrogens is 2. The summed E-state index contributed by atoms with van der Waals surface area (Å²) in [6, 6.07) is 9.81. The molecular formula is C15H19N3O2. The van der Waals surface area contributed by atoms with Gasteiger partial charge >= 0.3 is 0 Å². The van der Waals surface area contributed by atoms with Crippen molar-refractivity contribution in [3.8, 4) is 11.4 Å². The Hall–Kier alpha value is -1.72. The summed E-state index contributed by atoms with van der Waals surface area (Å²) in [5, 5.41) is 13.3. The molecule has 0 bridgehead atoms. The van der Waals surface area contributed by atoms with Gasteiger partial charge in [0.25, 0.3) is 0 Å². The predicted molar refractivity (Wildman–Crippen MR) is 74.8 cm³/mol. The van der Waals surface area contributed by atoms with E-state index in [1.54, 1.807) is 0 Å². The lowest BCUT2D eigenvalue weighted by atomic mass is 9.82. The van der Waals surface area contributed by atoms with Crippen LogP contribution in [0.5, 0.6) is 0 Å². The first-order chi connectivity index (χ1) is 9.70. The van der Waals surface area contributed by atoms with E-state index in [-0.39, 0.29) is 6.10 Å². The molecule has 0 amide bonds. The van der Waals surface area contributed by atoms with E-state index in [0.29, 0.717) is 24.2 Å². The molecule has 1 N–H and O–H groups in total. The van der Waals surface area contributed by atoms with Crippen molar-refractivity contribution in [3.63, 3.8) is 0 Å². The lowest BCUT2D eigenvalue weighted by Gasteiger charge is -2.34. The minimum atomic E-state index is -0.0958. The van der Waals surface area contributed by atoms with E-state index in [4.69, 9.17) is 4.52 Å². The largest absolute Gasteiger partial charge is 0.393 e. The Labute approximate surface area is 118 Å². The molecule has 0 aliphatic heterocycles. The number of benzene rings is 1. The number of nitrogens with zero attached hydrogens (tertiary/aromatic N) is 3. The second-order valence-corrected chi connectivity index (χ2v) is 5.57. The van der Waals surface area contributed by atoms with Crippen molar-refractivity contribution in [2.24, 2.45) is 5.92 Å². The third kappa shape index (κ3) is 3.05. The summed E-state index contributed by atoms with van der Waals surface area (Å²) >= 11 is 0. The van der Waals surface area contributed by atoms with Crippen LogP contribution in [0.1, 0.15) is 18.7 Å². The molecule has 1 aliphatic carbocycles. The van der Waals surface area contributed by atoms with Gasteiger partial charge in [-0.2, -0.15) is 4.98 Å². The second kappa shape index (κ2) is 5.73. The summed E-state index contributed by atoms with van der Waals surface area (Å²) in [5.74, 6) is 1.85. The lowest BCUT2D eigenvalue weighted by molar-refractivity contribution is 0.0261. The van der Waals surface area contributed by atoms with Crippen molar-refractivity contribution in [3.05, 3.63) is 36.2 Å². The van der Waals surface area contributed by atoms with Gasteiger partial charge < -0.3 is 9.63 Å². The Morgan fingerprint density at radius 2 is 2.05 bits per heavy atom. The van der Waals surface area contributed by atoms with Crippen LogP contribution in [-0.2, 0) is 6.54 Å². The summed E-state index contributed by atoms with van der Waals surface area (Å²) in [7, 11) is 2.04. The van der Waals surface area contributed by atoms with E-state index in [0.717, 1.165) is 24.9 Å². The summed E-state index contributed by atoms with van der Waals surface area (Å²) in [6.45, 7) is 1.60. The highest BCUT2D eigenvalue weighted by atomic mass is 16.5. The summed E-state index contributed by atoms with van der Waals surface area (Å²) < 4.78 is 5.29. The van der Waals surface area contributed by atoms with Crippen LogP contribution in [0.4, 0.5) is 0 Å². The fourth-order valence-electron chi connectivity index (χ4n) is 2.61. The number of rotatable bonds is 5. The van der Waals surface area contributed by atoms with Crippen LogP contribution >= 0.6 is 0 Å². The van der Waals surface area contributed by atoms with Crippen LogP contribution in [0, 0.1) is 5.92 Å². The van der Waals surface area contributed by atoms with Gasteiger partial charge in [-0.3, -0.25) is 4.90 Å². The standard InChI is InChI=1S/C15H19N3O2/c1-18(9-11-7-13(19)8-11)10-14-16-15(17-20-14)12-5-3-2-4-6-12/h2-6,11,13,19H,7-10H2,1H3. The van der Waals surface area contributed by atoms with Crippen molar-refractivity contribution in [1.29, 1.82) is 0 Å². The molecule has 106 valence electrons. The number of hydrogen-bond donors (Lipinski definition) is 1. The van der Waals surface area contributed by atoms with E-state index in [1.807, 2.05) is 37.4 Å². The highest BCUT2D eigenvalue weighted by molar-refractivity contribution is 5.53. The van der Waals surface area contributed by atoms with E-state index in [9.17, 15) is 5.11 Å². The zero-order valence-corrected chi connectivity index (χ0v) is 11.6. The molecule has 5 heteroatoms. The van der Waals surface area contributed by atoms with Crippen LogP contribution in [0.15, 0.2) is 34.9 Å². The molecule has 0 atom stereocenters. The minimum absolute atomic E-state index is 0.0958. The first-order valence-electron chi connectivity index (χ1n) is 6.95. The second-order valence-electron chi connectivity index (χ2n) is 5.57. The Balaban J connectivity index is 1.57. The third-order valence-corrected chi connectivity index (χ3v) is 3.69. The lowest BCUT2D eigenvalue weighted by Crippen LogP contribution is -2.36. The van der Waals surface area contributed by atoms with Crippen LogP contribution in [0.3, 0.4) is 0 Å². The maximum atomic E-state index is 9.29. The maximum absolute atomic E-state index is 9.29. The van der Waals surface area contributed by atoms with Gasteiger partial charge in [-0.25, -0.2) is 0 Å². The molecule has 1 aromatic carbocycles. The third-order valence-electron chi connectivity index (χ3n) is 3.69.